The van der Waals surface area contributed by atoms with Gasteiger partial charge in [-0.15, -0.1) is 0 Å². The lowest BCUT2D eigenvalue weighted by molar-refractivity contribution is -0.138. The summed E-state index contributed by atoms with van der Waals surface area (Å²) in [6.07, 6.45) is 4.77. The maximum Gasteiger partial charge on any atom is 0.323 e. The molecule has 1 rings (SSSR count). The summed E-state index contributed by atoms with van der Waals surface area (Å²) in [4.78, 5) is 31.6. The van der Waals surface area contributed by atoms with Crippen molar-refractivity contribution in [2.75, 3.05) is 6.54 Å². The number of carboxylic acids is 1. The molecule has 1 heterocycles. The Balaban J connectivity index is 2.90. The summed E-state index contributed by atoms with van der Waals surface area (Å²) in [6.45, 7) is 3.39. The second kappa shape index (κ2) is 5.93. The maximum absolute atomic E-state index is 12.1. The summed E-state index contributed by atoms with van der Waals surface area (Å²) in [7, 11) is 0. The van der Waals surface area contributed by atoms with Gasteiger partial charge in [-0.3, -0.25) is 9.59 Å². The Morgan fingerprint density at radius 1 is 1.41 bits per heavy atom. The molecular weight excluding hydrogens is 222 g/mol. The van der Waals surface area contributed by atoms with Crippen LogP contribution in [0.2, 0.25) is 0 Å². The zero-order chi connectivity index (χ0) is 12.8. The number of hydrogen-bond donors (Lipinski definition) is 1. The lowest BCUT2D eigenvalue weighted by Gasteiger charge is -2.26. The van der Waals surface area contributed by atoms with E-state index in [0.717, 1.165) is 0 Å². The first-order chi connectivity index (χ1) is 8.06. The summed E-state index contributed by atoms with van der Waals surface area (Å²) >= 11 is 0. The zero-order valence-electron chi connectivity index (χ0n) is 9.83. The Labute approximate surface area is 99.3 Å². The molecule has 1 unspecified atom stereocenters. The Bertz CT molecular complexity index is 394. The number of aromatic nitrogens is 2. The average Bonchev–Trinajstić information content (AvgIpc) is 2.35. The number of carboxylic acid groups (broad SMARTS) is 1. The van der Waals surface area contributed by atoms with E-state index in [1.54, 1.807) is 0 Å². The molecule has 1 amide bonds. The van der Waals surface area contributed by atoms with Gasteiger partial charge in [-0.25, -0.2) is 9.97 Å². The fourth-order valence-corrected chi connectivity index (χ4v) is 1.37. The van der Waals surface area contributed by atoms with E-state index in [-0.39, 0.29) is 18.5 Å². The van der Waals surface area contributed by atoms with Crippen molar-refractivity contribution in [1.29, 1.82) is 0 Å². The minimum Gasteiger partial charge on any atom is -0.480 e. The number of carbonyl (C=O) groups excluding carboxylic acids is 1. The highest BCUT2D eigenvalue weighted by atomic mass is 16.4. The number of hydrogen-bond acceptors (Lipinski definition) is 4. The van der Waals surface area contributed by atoms with Crippen molar-refractivity contribution in [3.8, 4) is 0 Å². The fraction of sp³-hybridized carbons (Fsp3) is 0.455. The van der Waals surface area contributed by atoms with Gasteiger partial charge in [0, 0.05) is 18.4 Å². The topological polar surface area (TPSA) is 83.4 Å². The van der Waals surface area contributed by atoms with Crippen molar-refractivity contribution in [2.45, 2.75) is 26.3 Å². The van der Waals surface area contributed by atoms with Crippen LogP contribution in [0.1, 0.15) is 30.6 Å². The molecule has 0 bridgehead atoms. The predicted octanol–water partition coefficient (Wildman–Crippen LogP) is 0.802. The Hall–Kier alpha value is -1.98. The van der Waals surface area contributed by atoms with Crippen LogP contribution in [0.4, 0.5) is 0 Å². The second-order valence-corrected chi connectivity index (χ2v) is 3.71. The molecule has 6 nitrogen and oxygen atoms in total. The molecule has 0 aliphatic carbocycles. The van der Waals surface area contributed by atoms with E-state index in [4.69, 9.17) is 5.11 Å². The molecular formula is C11H15N3O3. The van der Waals surface area contributed by atoms with Crippen LogP contribution in [0.25, 0.3) is 0 Å². The van der Waals surface area contributed by atoms with Gasteiger partial charge < -0.3 is 10.0 Å². The number of amides is 1. The molecule has 1 aromatic heterocycles. The highest BCUT2D eigenvalue weighted by Crippen LogP contribution is 2.09. The average molecular weight is 237 g/mol. The summed E-state index contributed by atoms with van der Waals surface area (Å²) in [5.74, 6) is -1.39. The molecule has 0 aliphatic rings. The summed E-state index contributed by atoms with van der Waals surface area (Å²) in [5, 5.41) is 8.80. The van der Waals surface area contributed by atoms with E-state index in [0.29, 0.717) is 12.0 Å². The quantitative estimate of drug-likeness (QED) is 0.819. The van der Waals surface area contributed by atoms with Crippen LogP contribution < -0.4 is 0 Å². The van der Waals surface area contributed by atoms with E-state index in [1.807, 2.05) is 13.8 Å². The van der Waals surface area contributed by atoms with Crippen molar-refractivity contribution in [1.82, 2.24) is 14.9 Å². The monoisotopic (exact) mass is 237 g/mol. The summed E-state index contributed by atoms with van der Waals surface area (Å²) < 4.78 is 0. The van der Waals surface area contributed by atoms with Crippen molar-refractivity contribution < 1.29 is 14.7 Å². The van der Waals surface area contributed by atoms with Crippen LogP contribution in [0.15, 0.2) is 18.7 Å². The predicted molar refractivity (Wildman–Crippen MR) is 60.5 cm³/mol. The lowest BCUT2D eigenvalue weighted by atomic mass is 10.2. The number of carbonyl (C=O) groups is 2. The third-order valence-electron chi connectivity index (χ3n) is 2.50. The van der Waals surface area contributed by atoms with Gasteiger partial charge in [-0.2, -0.15) is 0 Å². The normalized spacial score (nSPS) is 11.9. The standard InChI is InChI=1S/C11H15N3O3/c1-3-8(2)14(6-10(15)16)11(17)9-4-12-7-13-5-9/h4-5,7-8H,3,6H2,1-2H3,(H,15,16). The van der Waals surface area contributed by atoms with Crippen LogP contribution in [-0.2, 0) is 4.79 Å². The number of nitrogens with zero attached hydrogens (tertiary/aromatic N) is 3. The smallest absolute Gasteiger partial charge is 0.323 e. The number of aliphatic carboxylic acids is 1. The molecule has 0 saturated carbocycles. The third kappa shape index (κ3) is 3.51. The third-order valence-corrected chi connectivity index (χ3v) is 2.50. The van der Waals surface area contributed by atoms with Crippen molar-refractivity contribution in [2.24, 2.45) is 0 Å². The Morgan fingerprint density at radius 2 is 2.00 bits per heavy atom. The molecule has 1 atom stereocenters. The van der Waals surface area contributed by atoms with Gasteiger partial charge in [-0.1, -0.05) is 6.92 Å². The molecule has 0 aliphatic heterocycles. The van der Waals surface area contributed by atoms with Crippen LogP contribution in [0.5, 0.6) is 0 Å². The van der Waals surface area contributed by atoms with E-state index < -0.39 is 5.97 Å². The molecule has 1 N–H and O–H groups in total. The van der Waals surface area contributed by atoms with E-state index in [2.05, 4.69) is 9.97 Å². The molecule has 6 heteroatoms. The highest BCUT2D eigenvalue weighted by Gasteiger charge is 2.22. The Morgan fingerprint density at radius 3 is 2.47 bits per heavy atom. The fourth-order valence-electron chi connectivity index (χ4n) is 1.37. The lowest BCUT2D eigenvalue weighted by Crippen LogP contribution is -2.41. The van der Waals surface area contributed by atoms with Gasteiger partial charge in [-0.05, 0) is 13.3 Å². The van der Waals surface area contributed by atoms with Crippen LogP contribution in [0, 0.1) is 0 Å². The largest absolute Gasteiger partial charge is 0.480 e. The van der Waals surface area contributed by atoms with Crippen LogP contribution in [0.3, 0.4) is 0 Å². The van der Waals surface area contributed by atoms with Gasteiger partial charge in [0.15, 0.2) is 0 Å². The SMILES string of the molecule is CCC(C)N(CC(=O)O)C(=O)c1cncnc1. The first kappa shape index (κ1) is 13.1. The molecule has 17 heavy (non-hydrogen) atoms. The van der Waals surface area contributed by atoms with E-state index in [1.165, 1.54) is 23.6 Å². The maximum atomic E-state index is 12.1. The first-order valence-electron chi connectivity index (χ1n) is 5.34. The highest BCUT2D eigenvalue weighted by molar-refractivity contribution is 5.95. The summed E-state index contributed by atoms with van der Waals surface area (Å²) in [6, 6.07) is -0.140. The van der Waals surface area contributed by atoms with Crippen LogP contribution >= 0.6 is 0 Å². The molecule has 0 spiro atoms. The minimum atomic E-state index is -1.03. The molecule has 1 aromatic rings. The Kier molecular flexibility index (Phi) is 4.56. The summed E-state index contributed by atoms with van der Waals surface area (Å²) in [5.41, 5.74) is 0.300. The minimum absolute atomic E-state index is 0.140. The van der Waals surface area contributed by atoms with E-state index in [9.17, 15) is 9.59 Å². The second-order valence-electron chi connectivity index (χ2n) is 3.71. The first-order valence-corrected chi connectivity index (χ1v) is 5.34. The van der Waals surface area contributed by atoms with E-state index >= 15 is 0 Å². The van der Waals surface area contributed by atoms with Crippen molar-refractivity contribution >= 4 is 11.9 Å². The molecule has 0 radical (unpaired) electrons. The molecule has 0 fully saturated rings. The zero-order valence-corrected chi connectivity index (χ0v) is 9.83. The van der Waals surface area contributed by atoms with Crippen molar-refractivity contribution in [3.63, 3.8) is 0 Å². The van der Waals surface area contributed by atoms with Gasteiger partial charge in [0.05, 0.1) is 5.56 Å². The van der Waals surface area contributed by atoms with Crippen LogP contribution in [-0.4, -0.2) is 44.4 Å². The van der Waals surface area contributed by atoms with Gasteiger partial charge in [0.2, 0.25) is 0 Å². The van der Waals surface area contributed by atoms with Gasteiger partial charge in [0.25, 0.3) is 5.91 Å². The molecule has 0 aromatic carbocycles. The molecule has 0 saturated heterocycles. The van der Waals surface area contributed by atoms with Crippen molar-refractivity contribution in [3.05, 3.63) is 24.3 Å². The van der Waals surface area contributed by atoms with Gasteiger partial charge >= 0.3 is 5.97 Å². The van der Waals surface area contributed by atoms with Gasteiger partial charge in [0.1, 0.15) is 12.9 Å². The number of rotatable bonds is 5. The molecule has 92 valence electrons.